The summed E-state index contributed by atoms with van der Waals surface area (Å²) in [6.45, 7) is 0.498. The molecule has 236 valence electrons. The third kappa shape index (κ3) is 7.28. The summed E-state index contributed by atoms with van der Waals surface area (Å²) in [7, 11) is 0. The minimum atomic E-state index is -2.13. The summed E-state index contributed by atoms with van der Waals surface area (Å²) in [6, 6.07) is -2.98. The lowest BCUT2D eigenvalue weighted by Crippen LogP contribution is -2.69. The van der Waals surface area contributed by atoms with Crippen LogP contribution in [0, 0.1) is 0 Å². The molecule has 3 heterocycles. The molecular weight excluding hydrogens is 564 g/mol. The van der Waals surface area contributed by atoms with Gasteiger partial charge < -0.3 is 80.3 Å². The minimum absolute atomic E-state index is 0.670. The average Bonchev–Trinajstić information content (AvgIpc) is 2.90. The molecule has 0 aromatic heterocycles. The molecular formula is C22H36N2O17. The molecule has 15 atom stereocenters. The van der Waals surface area contributed by atoms with E-state index in [4.69, 9.17) is 23.7 Å². The van der Waals surface area contributed by atoms with Gasteiger partial charge in [0.05, 0.1) is 13.2 Å². The summed E-state index contributed by atoms with van der Waals surface area (Å²) in [5.74, 6) is -3.12. The molecule has 3 aliphatic heterocycles. The van der Waals surface area contributed by atoms with Crippen LogP contribution in [0.4, 0.5) is 0 Å². The number of nitrogens with one attached hydrogen (secondary N) is 2. The quantitative estimate of drug-likeness (QED) is 0.117. The Hall–Kier alpha value is -2.11. The van der Waals surface area contributed by atoms with Crippen LogP contribution >= 0.6 is 0 Å². The van der Waals surface area contributed by atoms with Crippen molar-refractivity contribution in [3.8, 4) is 0 Å². The number of ether oxygens (including phenoxy) is 5. The summed E-state index contributed by atoms with van der Waals surface area (Å²) in [5.41, 5.74) is 0. The van der Waals surface area contributed by atoms with E-state index in [1.54, 1.807) is 0 Å². The number of carbonyl (C=O) groups is 3. The predicted molar refractivity (Wildman–Crippen MR) is 125 cm³/mol. The molecule has 0 saturated carbocycles. The molecule has 0 aromatic rings. The molecule has 3 aliphatic rings. The maximum atomic E-state index is 12.1. The highest BCUT2D eigenvalue weighted by molar-refractivity contribution is 5.74. The number of aliphatic hydroxyl groups is 8. The smallest absolute Gasteiger partial charge is 0.335 e. The summed E-state index contributed by atoms with van der Waals surface area (Å²) in [4.78, 5) is 35.3. The van der Waals surface area contributed by atoms with Crippen LogP contribution in [-0.4, -0.2) is 169 Å². The molecule has 3 fully saturated rings. The van der Waals surface area contributed by atoms with E-state index in [0.29, 0.717) is 0 Å². The van der Waals surface area contributed by atoms with Crippen molar-refractivity contribution in [3.05, 3.63) is 0 Å². The van der Waals surface area contributed by atoms with Gasteiger partial charge in [0.1, 0.15) is 67.0 Å². The summed E-state index contributed by atoms with van der Waals surface area (Å²) in [5, 5.41) is 96.5. The van der Waals surface area contributed by atoms with E-state index in [2.05, 4.69) is 10.6 Å². The number of carboxylic acids is 1. The first-order valence-corrected chi connectivity index (χ1v) is 12.6. The molecule has 19 nitrogen and oxygen atoms in total. The molecule has 0 aromatic carbocycles. The van der Waals surface area contributed by atoms with E-state index in [9.17, 15) is 60.3 Å². The zero-order valence-corrected chi connectivity index (χ0v) is 21.9. The highest BCUT2D eigenvalue weighted by Crippen LogP contribution is 2.32. The molecule has 0 spiro atoms. The van der Waals surface area contributed by atoms with Crippen LogP contribution in [-0.2, 0) is 38.1 Å². The van der Waals surface area contributed by atoms with E-state index in [-0.39, 0.29) is 0 Å². The maximum absolute atomic E-state index is 12.1. The SMILES string of the molecule is CC(=O)N[C@@H]1[C@@H](O)[C@H](O[C@@H]2O[C@@H](C(=O)O)[C@@H](O[C@H]3O[C@H](CO)[C@@H](O)[C@H](O)[C@H]3NC(C)=O)[C@H](O)[C@H]2O)[C@@H](CO)O[C@@H]1O. The molecule has 0 unspecified atom stereocenters. The molecule has 3 saturated heterocycles. The Labute approximate surface area is 232 Å². The minimum Gasteiger partial charge on any atom is -0.479 e. The van der Waals surface area contributed by atoms with Gasteiger partial charge in [-0.15, -0.1) is 0 Å². The number of carbonyl (C=O) groups excluding carboxylic acids is 2. The first kappa shape index (κ1) is 33.4. The first-order chi connectivity index (χ1) is 19.2. The molecule has 2 amide bonds. The van der Waals surface area contributed by atoms with Crippen molar-refractivity contribution in [1.29, 1.82) is 0 Å². The van der Waals surface area contributed by atoms with Gasteiger partial charge in [0.25, 0.3) is 0 Å². The highest BCUT2D eigenvalue weighted by atomic mass is 16.7. The molecule has 11 N–H and O–H groups in total. The van der Waals surface area contributed by atoms with Crippen LogP contribution in [0.3, 0.4) is 0 Å². The molecule has 0 radical (unpaired) electrons. The zero-order chi connectivity index (χ0) is 30.8. The number of amides is 2. The number of rotatable bonds is 9. The standard InChI is InChI=1S/C22H36N2O17/c1-5(27)23-9-13(31)16(8(4-26)37-20(9)36)39-22-15(33)14(32)17(18(41-22)19(34)35)40-21-10(24-6(2)28)12(30)11(29)7(3-25)38-21/h7-18,20-22,25-26,29-33,36H,3-4H2,1-2H3,(H,23,27)(H,24,28)(H,34,35)/t7-,8-,9-,10-,11-,12-,13-,14-,15-,16-,17+,18-,20+,21-,22-/m1/s1. The van der Waals surface area contributed by atoms with Gasteiger partial charge in [-0.05, 0) is 0 Å². The van der Waals surface area contributed by atoms with Crippen molar-refractivity contribution in [1.82, 2.24) is 10.6 Å². The Balaban J connectivity index is 1.83. The van der Waals surface area contributed by atoms with Crippen molar-refractivity contribution in [2.24, 2.45) is 0 Å². The van der Waals surface area contributed by atoms with Crippen LogP contribution in [0.1, 0.15) is 13.8 Å². The monoisotopic (exact) mass is 600 g/mol. The van der Waals surface area contributed by atoms with Gasteiger partial charge >= 0.3 is 5.97 Å². The van der Waals surface area contributed by atoms with Gasteiger partial charge in [-0.2, -0.15) is 0 Å². The van der Waals surface area contributed by atoms with Crippen molar-refractivity contribution < 1.29 is 84.0 Å². The Kier molecular flexibility index (Phi) is 11.3. The normalized spacial score (nSPS) is 45.1. The summed E-state index contributed by atoms with van der Waals surface area (Å²) in [6.07, 6.45) is -23.6. The van der Waals surface area contributed by atoms with Gasteiger partial charge in [0.2, 0.25) is 11.8 Å². The van der Waals surface area contributed by atoms with E-state index in [0.717, 1.165) is 13.8 Å². The van der Waals surface area contributed by atoms with E-state index >= 15 is 0 Å². The lowest BCUT2D eigenvalue weighted by molar-refractivity contribution is -0.361. The van der Waals surface area contributed by atoms with Gasteiger partial charge in [-0.3, -0.25) is 9.59 Å². The lowest BCUT2D eigenvalue weighted by Gasteiger charge is -2.48. The highest BCUT2D eigenvalue weighted by Gasteiger charge is 2.55. The Bertz CT molecular complexity index is 927. The molecule has 3 rings (SSSR count). The fraction of sp³-hybridized carbons (Fsp3) is 0.864. The van der Waals surface area contributed by atoms with Crippen molar-refractivity contribution in [3.63, 3.8) is 0 Å². The van der Waals surface area contributed by atoms with Crippen LogP contribution < -0.4 is 10.6 Å². The molecule has 0 aliphatic carbocycles. The molecule has 0 bridgehead atoms. The zero-order valence-electron chi connectivity index (χ0n) is 21.9. The summed E-state index contributed by atoms with van der Waals surface area (Å²) < 4.78 is 26.9. The van der Waals surface area contributed by atoms with E-state index in [1.807, 2.05) is 0 Å². The van der Waals surface area contributed by atoms with Crippen molar-refractivity contribution in [2.45, 2.75) is 106 Å². The maximum Gasteiger partial charge on any atom is 0.335 e. The van der Waals surface area contributed by atoms with Gasteiger partial charge in [-0.1, -0.05) is 0 Å². The third-order valence-corrected chi connectivity index (χ3v) is 6.86. The second-order valence-electron chi connectivity index (χ2n) is 9.84. The van der Waals surface area contributed by atoms with Crippen molar-refractivity contribution >= 4 is 17.8 Å². The molecule has 41 heavy (non-hydrogen) atoms. The van der Waals surface area contributed by atoms with Gasteiger partial charge in [0, 0.05) is 13.8 Å². The number of carboxylic acid groups (broad SMARTS) is 1. The van der Waals surface area contributed by atoms with E-state index in [1.165, 1.54) is 0 Å². The Morgan fingerprint density at radius 2 is 1.22 bits per heavy atom. The third-order valence-electron chi connectivity index (χ3n) is 6.86. The number of aliphatic carboxylic acids is 1. The van der Waals surface area contributed by atoms with E-state index < -0.39 is 123 Å². The fourth-order valence-electron chi connectivity index (χ4n) is 4.84. The topological polar surface area (TPSA) is 303 Å². The summed E-state index contributed by atoms with van der Waals surface area (Å²) >= 11 is 0. The van der Waals surface area contributed by atoms with Crippen molar-refractivity contribution in [2.75, 3.05) is 13.2 Å². The molecule has 19 heteroatoms. The Morgan fingerprint density at radius 1 is 0.659 bits per heavy atom. The van der Waals surface area contributed by atoms with Gasteiger partial charge in [0.15, 0.2) is 25.0 Å². The average molecular weight is 601 g/mol. The number of aliphatic hydroxyl groups excluding tert-OH is 8. The van der Waals surface area contributed by atoms with Crippen LogP contribution in [0.15, 0.2) is 0 Å². The predicted octanol–water partition coefficient (Wildman–Crippen LogP) is -7.19. The van der Waals surface area contributed by atoms with Gasteiger partial charge in [-0.25, -0.2) is 4.79 Å². The Morgan fingerprint density at radius 3 is 1.76 bits per heavy atom. The van der Waals surface area contributed by atoms with Crippen LogP contribution in [0.5, 0.6) is 0 Å². The second-order valence-corrected chi connectivity index (χ2v) is 9.84. The number of hydrogen-bond donors (Lipinski definition) is 11. The lowest BCUT2D eigenvalue weighted by atomic mass is 9.94. The fourth-order valence-corrected chi connectivity index (χ4v) is 4.84. The number of hydrogen-bond acceptors (Lipinski definition) is 16. The second kappa shape index (κ2) is 13.9. The van der Waals surface area contributed by atoms with Crippen LogP contribution in [0.25, 0.3) is 0 Å². The first-order valence-electron chi connectivity index (χ1n) is 12.6. The van der Waals surface area contributed by atoms with Crippen LogP contribution in [0.2, 0.25) is 0 Å². The largest absolute Gasteiger partial charge is 0.479 e.